The summed E-state index contributed by atoms with van der Waals surface area (Å²) in [6, 6.07) is 54.6. The second-order valence-electron chi connectivity index (χ2n) is 25.5. The van der Waals surface area contributed by atoms with Gasteiger partial charge in [-0.3, -0.25) is 24.0 Å². The first-order valence-corrected chi connectivity index (χ1v) is 33.8. The molecule has 7 aromatic carbocycles. The Kier molecular flexibility index (Phi) is 24.2. The lowest BCUT2D eigenvalue weighted by Crippen LogP contribution is -2.42. The first kappa shape index (κ1) is 74.0. The highest BCUT2D eigenvalue weighted by atomic mass is 32.2. The fourth-order valence-electron chi connectivity index (χ4n) is 9.71. The van der Waals surface area contributed by atoms with Crippen molar-refractivity contribution in [1.82, 2.24) is 0 Å². The van der Waals surface area contributed by atoms with Crippen LogP contribution >= 0.6 is 0 Å². The van der Waals surface area contributed by atoms with Gasteiger partial charge < -0.3 is 38.1 Å². The second-order valence-corrected chi connectivity index (χ2v) is 28.9. The van der Waals surface area contributed by atoms with Crippen molar-refractivity contribution >= 4 is 50.9 Å². The molecule has 5 atom stereocenters. The van der Waals surface area contributed by atoms with Crippen LogP contribution in [0.2, 0.25) is 0 Å². The molecule has 1 aliphatic carbocycles. The maximum Gasteiger partial charge on any atom is 0.317 e. The first-order valence-electron chi connectivity index (χ1n) is 31.1. The quantitative estimate of drug-likeness (QED) is 0.0181. The van der Waals surface area contributed by atoms with Crippen molar-refractivity contribution in [2.75, 3.05) is 0 Å². The molecule has 0 amide bonds. The molecule has 3 fully saturated rings. The number of carbonyl (C=O) groups is 5. The standard InChI is InChI=1S/C19H20O2.C18H15S.C13H18O5.C12H12F4O5S.C12H16O3/c1-4-19(2,3)18(20)21-17-15-11-7-5-9-13(15)14-10-6-8-12-16(14)17;1-4-10-16(11-5-1)19(17-12-6-2-7-13-17)18-14-8-3-9-15-18;1-4-13(2,3)12(15)18-9-7-5-6-8(16-7)10(9)17-11(6)14;1-4-12(2,3)11(17)21-9-5(13)7(15)10(22(18,19)20)8(16)6(9)14;1-4-12(2,3)11(14)15-10-7-5-9(13)6-8-10/h5-12,17H,4H2,1-3H3;1-15H;6-10H,4-5H2,1-3H3;4H2,1-3H3,(H,18,19,20);5-8,13H,4H2,1-3H3/q;+1;;;/p-1. The average Bonchev–Trinajstić information content (AvgIpc) is 1.60. The van der Waals surface area contributed by atoms with Crippen molar-refractivity contribution < 1.29 is 88.0 Å². The van der Waals surface area contributed by atoms with E-state index in [1.54, 1.807) is 19.1 Å². The lowest BCUT2D eigenvalue weighted by Gasteiger charge is -2.27. The SMILES string of the molecule is CCC(C)(C)C(=O)OC1C2CC3C(=O)OC1C3O2.CCC(C)(C)C(=O)OC1c2ccccc2-c2ccccc21.CCC(C)(C)C(=O)Oc1c(F)c(F)c(S(=O)(=O)[O-])c(F)c1F.CCC(C)(C)C(=O)Oc1ccc(O)cc1.c1ccc([S+](c2ccccc2)c2ccccc2)cc1. The fourth-order valence-corrected chi connectivity index (χ4v) is 12.4. The van der Waals surface area contributed by atoms with E-state index in [-0.39, 0.29) is 71.2 Å². The van der Waals surface area contributed by atoms with Crippen molar-refractivity contribution in [2.45, 2.75) is 165 Å². The summed E-state index contributed by atoms with van der Waals surface area (Å²) in [6.07, 6.45) is 1.53. The summed E-state index contributed by atoms with van der Waals surface area (Å²) >= 11 is 0. The van der Waals surface area contributed by atoms with Crippen LogP contribution in [0.5, 0.6) is 17.2 Å². The molecule has 506 valence electrons. The van der Waals surface area contributed by atoms with Crippen LogP contribution in [0.3, 0.4) is 0 Å². The van der Waals surface area contributed by atoms with Gasteiger partial charge >= 0.3 is 29.8 Å². The van der Waals surface area contributed by atoms with Gasteiger partial charge in [0.1, 0.15) is 32.6 Å². The van der Waals surface area contributed by atoms with E-state index < -0.39 is 83.9 Å². The van der Waals surface area contributed by atoms with E-state index in [1.165, 1.54) is 51.8 Å². The smallest absolute Gasteiger partial charge is 0.317 e. The number of phenols is 1. The van der Waals surface area contributed by atoms with Crippen molar-refractivity contribution in [3.63, 3.8) is 0 Å². The summed E-state index contributed by atoms with van der Waals surface area (Å²) in [7, 11) is -5.82. The number of halogens is 4. The maximum absolute atomic E-state index is 13.6. The van der Waals surface area contributed by atoms with Crippen LogP contribution in [0.1, 0.15) is 132 Å². The molecule has 1 N–H and O–H groups in total. The summed E-state index contributed by atoms with van der Waals surface area (Å²) in [6.45, 7) is 21.4. The molecule has 4 aliphatic rings. The molecule has 3 heterocycles. The number of carbonyl (C=O) groups excluding carboxylic acids is 5. The van der Waals surface area contributed by atoms with Gasteiger partial charge in [0.15, 0.2) is 44.6 Å². The van der Waals surface area contributed by atoms with E-state index >= 15 is 0 Å². The van der Waals surface area contributed by atoms with Gasteiger partial charge in [-0.2, -0.15) is 8.78 Å². The highest BCUT2D eigenvalue weighted by molar-refractivity contribution is 7.97. The predicted molar refractivity (Wildman–Crippen MR) is 348 cm³/mol. The molecular formula is C74H80F4O15S2. The number of fused-ring (bicyclic) bond motifs is 4. The van der Waals surface area contributed by atoms with Crippen LogP contribution in [-0.4, -0.2) is 72.3 Å². The van der Waals surface area contributed by atoms with Crippen LogP contribution in [0.4, 0.5) is 17.6 Å². The number of rotatable bonds is 16. The first-order chi connectivity index (χ1) is 44.7. The third kappa shape index (κ3) is 17.4. The van der Waals surface area contributed by atoms with Crippen LogP contribution in [0.15, 0.2) is 183 Å². The summed E-state index contributed by atoms with van der Waals surface area (Å²) < 4.78 is 118. The molecule has 0 saturated carbocycles. The Bertz CT molecular complexity index is 3790. The molecule has 5 unspecified atom stereocenters. The molecule has 3 aliphatic heterocycles. The second kappa shape index (κ2) is 31.0. The minimum Gasteiger partial charge on any atom is -0.744 e. The minimum absolute atomic E-state index is 0.0146. The number of aromatic hydroxyl groups is 1. The van der Waals surface area contributed by atoms with E-state index in [4.69, 9.17) is 28.8 Å². The van der Waals surface area contributed by atoms with Crippen LogP contribution in [0, 0.1) is 50.8 Å². The van der Waals surface area contributed by atoms with E-state index in [0.717, 1.165) is 24.0 Å². The van der Waals surface area contributed by atoms with Gasteiger partial charge in [0, 0.05) is 11.1 Å². The maximum atomic E-state index is 13.6. The molecule has 11 rings (SSSR count). The van der Waals surface area contributed by atoms with Gasteiger partial charge in [-0.25, -0.2) is 17.2 Å². The molecule has 0 aromatic heterocycles. The van der Waals surface area contributed by atoms with Crippen LogP contribution < -0.4 is 9.47 Å². The minimum atomic E-state index is -5.81. The number of hydrogen-bond acceptors (Lipinski definition) is 15. The monoisotopic (exact) mass is 1350 g/mol. The van der Waals surface area contributed by atoms with Gasteiger partial charge in [-0.05, 0) is 159 Å². The number of phenolic OH excluding ortho intramolecular Hbond substituents is 1. The average molecular weight is 1350 g/mol. The zero-order valence-corrected chi connectivity index (χ0v) is 56.7. The molecule has 0 spiro atoms. The molecule has 95 heavy (non-hydrogen) atoms. The number of benzene rings is 7. The number of esters is 5. The zero-order chi connectivity index (χ0) is 70.0. The topological polar surface area (TPSA) is 218 Å². The van der Waals surface area contributed by atoms with Crippen LogP contribution in [-0.2, 0) is 63.9 Å². The van der Waals surface area contributed by atoms with Gasteiger partial charge in [0.2, 0.25) is 17.4 Å². The number of hydrogen-bond donors (Lipinski definition) is 1. The van der Waals surface area contributed by atoms with Crippen molar-refractivity contribution in [1.29, 1.82) is 0 Å². The molecule has 3 saturated heterocycles. The van der Waals surface area contributed by atoms with E-state index in [1.807, 2.05) is 98.7 Å². The summed E-state index contributed by atoms with van der Waals surface area (Å²) in [5, 5.41) is 9.06. The van der Waals surface area contributed by atoms with E-state index in [9.17, 15) is 54.5 Å². The van der Waals surface area contributed by atoms with Crippen molar-refractivity contribution in [3.05, 3.63) is 198 Å². The molecule has 2 bridgehead atoms. The molecule has 21 heteroatoms. The molecule has 7 aromatic rings. The fraction of sp³-hybridized carbons (Fsp3) is 0.365. The molecule has 0 radical (unpaired) electrons. The van der Waals surface area contributed by atoms with Crippen LogP contribution in [0.25, 0.3) is 11.1 Å². The lowest BCUT2D eigenvalue weighted by molar-refractivity contribution is -0.169. The molecule has 15 nitrogen and oxygen atoms in total. The number of ether oxygens (including phenoxy) is 6. The Hall–Kier alpha value is -8.37. The Balaban J connectivity index is 0.000000169. The third-order valence-corrected chi connectivity index (χ3v) is 20.5. The summed E-state index contributed by atoms with van der Waals surface area (Å²) in [4.78, 5) is 61.2. The predicted octanol–water partition coefficient (Wildman–Crippen LogP) is 15.8. The van der Waals surface area contributed by atoms with E-state index in [0.29, 0.717) is 18.6 Å². The Morgan fingerprint density at radius 1 is 0.526 bits per heavy atom. The third-order valence-electron chi connectivity index (χ3n) is 17.4. The zero-order valence-electron chi connectivity index (χ0n) is 55.1. The Morgan fingerprint density at radius 2 is 0.905 bits per heavy atom. The molecular weight excluding hydrogens is 1270 g/mol. The summed E-state index contributed by atoms with van der Waals surface area (Å²) in [5.74, 6) is -12.8. The van der Waals surface area contributed by atoms with Crippen molar-refractivity contribution in [3.8, 4) is 28.4 Å². The van der Waals surface area contributed by atoms with E-state index in [2.05, 4.69) is 108 Å². The lowest BCUT2D eigenvalue weighted by atomic mass is 9.87. The highest BCUT2D eigenvalue weighted by Gasteiger charge is 2.65. The normalized spacial score (nSPS) is 17.5. The largest absolute Gasteiger partial charge is 0.744 e. The Morgan fingerprint density at radius 3 is 1.32 bits per heavy atom. The van der Waals surface area contributed by atoms with Gasteiger partial charge in [0.25, 0.3) is 0 Å². The van der Waals surface area contributed by atoms with Gasteiger partial charge in [0.05, 0.1) is 44.6 Å². The highest BCUT2D eigenvalue weighted by Crippen LogP contribution is 2.49. The summed E-state index contributed by atoms with van der Waals surface area (Å²) in [5.41, 5.74) is 1.85. The van der Waals surface area contributed by atoms with Gasteiger partial charge in [-0.15, -0.1) is 0 Å². The van der Waals surface area contributed by atoms with Crippen molar-refractivity contribution in [2.24, 2.45) is 27.6 Å². The van der Waals surface area contributed by atoms with Gasteiger partial charge in [-0.1, -0.05) is 131 Å². The Labute approximate surface area is 555 Å².